The lowest BCUT2D eigenvalue weighted by atomic mass is 9.98. The number of nitrogens with zero attached hydrogens (tertiary/aromatic N) is 5. The van der Waals surface area contributed by atoms with E-state index in [2.05, 4.69) is 29.1 Å². The predicted octanol–water partition coefficient (Wildman–Crippen LogP) is 9.69. The molecule has 1 aromatic carbocycles. The Bertz CT molecular complexity index is 1730. The third kappa shape index (κ3) is 14.7. The van der Waals surface area contributed by atoms with Crippen molar-refractivity contribution in [3.63, 3.8) is 0 Å². The first-order chi connectivity index (χ1) is 26.7. The lowest BCUT2D eigenvalue weighted by molar-refractivity contribution is -0.120. The molecule has 1 aliphatic rings. The van der Waals surface area contributed by atoms with Gasteiger partial charge in [-0.3, -0.25) is 9.05 Å². The van der Waals surface area contributed by atoms with Gasteiger partial charge in [0.05, 0.1) is 37.1 Å². The van der Waals surface area contributed by atoms with Gasteiger partial charge in [-0.1, -0.05) is 121 Å². The molecule has 13 nitrogen and oxygen atoms in total. The number of unbranched alkanes of at least 4 members (excludes halogenated alkanes) is 15. The van der Waals surface area contributed by atoms with Crippen molar-refractivity contribution < 1.29 is 32.7 Å². The van der Waals surface area contributed by atoms with E-state index in [9.17, 15) is 20.0 Å². The van der Waals surface area contributed by atoms with Gasteiger partial charge in [0, 0.05) is 24.5 Å². The summed E-state index contributed by atoms with van der Waals surface area (Å²) in [7, 11) is -4.67. The fourth-order valence-electron chi connectivity index (χ4n) is 6.73. The second-order valence-electron chi connectivity index (χ2n) is 14.3. The normalized spacial score (nSPS) is 18.6. The van der Waals surface area contributed by atoms with E-state index >= 15 is 0 Å². The van der Waals surface area contributed by atoms with Gasteiger partial charge in [0.2, 0.25) is 0 Å². The number of halogens is 1. The number of phosphoric acid groups is 1. The molecule has 3 N–H and O–H groups in total. The highest BCUT2D eigenvalue weighted by molar-refractivity contribution is 7.47. The maximum Gasteiger partial charge on any atom is 0.474 e. The molecule has 0 saturated carbocycles. The van der Waals surface area contributed by atoms with E-state index in [0.717, 1.165) is 19.3 Å². The maximum absolute atomic E-state index is 13.1. The number of phosphoric ester groups is 1. The average molecular weight is 801 g/mol. The molecule has 4 rings (SSSR count). The van der Waals surface area contributed by atoms with Crippen LogP contribution in [-0.2, 0) is 40.0 Å². The molecule has 1 unspecified atom stereocenters. The van der Waals surface area contributed by atoms with Crippen molar-refractivity contribution in [2.75, 3.05) is 25.6 Å². The molecule has 0 spiro atoms. The number of nitrogen functional groups attached to an aromatic ring is 1. The fraction of sp³-hybridized carbons (Fsp3) is 0.650. The van der Waals surface area contributed by atoms with Crippen LogP contribution in [0.4, 0.5) is 5.82 Å². The molecule has 1 fully saturated rings. The summed E-state index contributed by atoms with van der Waals surface area (Å²) >= 11 is 6.36. The van der Waals surface area contributed by atoms with Gasteiger partial charge in [0.15, 0.2) is 17.7 Å². The number of hydrogen-bond donors (Lipinski definition) is 2. The Kier molecular flexibility index (Phi) is 19.3. The minimum absolute atomic E-state index is 0.0628. The Balaban J connectivity index is 1.18. The topological polar surface area (TPSA) is 187 Å². The number of nitriles is 2. The van der Waals surface area contributed by atoms with Crippen LogP contribution in [0, 0.1) is 22.7 Å². The monoisotopic (exact) mass is 800 g/mol. The lowest BCUT2D eigenvalue weighted by Gasteiger charge is -2.23. The van der Waals surface area contributed by atoms with Crippen LogP contribution in [0.3, 0.4) is 0 Å². The lowest BCUT2D eigenvalue weighted by Crippen LogP contribution is -2.28. The van der Waals surface area contributed by atoms with E-state index in [1.54, 1.807) is 30.3 Å². The van der Waals surface area contributed by atoms with Crippen LogP contribution >= 0.6 is 19.4 Å². The highest BCUT2D eigenvalue weighted by Gasteiger charge is 2.47. The number of ether oxygens (including phenoxy) is 3. The quantitative estimate of drug-likeness (QED) is 0.0524. The zero-order valence-electron chi connectivity index (χ0n) is 32.2. The molecule has 302 valence electrons. The van der Waals surface area contributed by atoms with Crippen molar-refractivity contribution in [2.45, 2.75) is 147 Å². The van der Waals surface area contributed by atoms with Gasteiger partial charge in [0.1, 0.15) is 24.0 Å². The summed E-state index contributed by atoms with van der Waals surface area (Å²) in [4.78, 5) is 14.6. The smallest absolute Gasteiger partial charge is 0.382 e. The van der Waals surface area contributed by atoms with Crippen molar-refractivity contribution >= 4 is 30.8 Å². The van der Waals surface area contributed by atoms with E-state index in [1.165, 1.54) is 94.3 Å². The van der Waals surface area contributed by atoms with Crippen LogP contribution in [0.15, 0.2) is 36.7 Å². The zero-order valence-corrected chi connectivity index (χ0v) is 33.9. The van der Waals surface area contributed by atoms with Crippen LogP contribution in [0.2, 0.25) is 5.02 Å². The molecule has 3 aromatic rings. The third-order valence-corrected chi connectivity index (χ3v) is 11.2. The molecule has 1 aliphatic heterocycles. The average Bonchev–Trinajstić information content (AvgIpc) is 3.81. The number of rotatable bonds is 28. The van der Waals surface area contributed by atoms with Gasteiger partial charge in [-0.05, 0) is 36.2 Å². The molecule has 1 saturated heterocycles. The van der Waals surface area contributed by atoms with Gasteiger partial charge in [-0.25, -0.2) is 14.1 Å². The van der Waals surface area contributed by atoms with E-state index in [0.29, 0.717) is 34.0 Å². The molecule has 0 amide bonds. The van der Waals surface area contributed by atoms with Crippen molar-refractivity contribution in [1.29, 1.82) is 10.5 Å². The van der Waals surface area contributed by atoms with Crippen molar-refractivity contribution in [3.8, 4) is 12.1 Å². The van der Waals surface area contributed by atoms with Crippen LogP contribution in [0.1, 0.15) is 139 Å². The SMILES string of the molecule is CCCCCCCCCCCCCCCCCCOC[C@H](COP(=O)(O)O[C@@H]1CC[C@](C#N)(c2ccc3c(N)ncnn23)O1)OCc1ccc(C#N)cc1Cl. The summed E-state index contributed by atoms with van der Waals surface area (Å²) in [6.07, 6.45) is 20.2. The molecule has 0 radical (unpaired) electrons. The zero-order chi connectivity index (χ0) is 39.4. The Morgan fingerprint density at radius 3 is 2.27 bits per heavy atom. The first kappa shape index (κ1) is 44.6. The molecule has 0 aliphatic carbocycles. The van der Waals surface area contributed by atoms with Crippen LogP contribution in [-0.4, -0.2) is 51.7 Å². The molecule has 0 bridgehead atoms. The molecule has 4 atom stereocenters. The Labute approximate surface area is 331 Å². The van der Waals surface area contributed by atoms with E-state index in [4.69, 9.17) is 40.6 Å². The highest BCUT2D eigenvalue weighted by Crippen LogP contribution is 2.50. The van der Waals surface area contributed by atoms with Crippen molar-refractivity contribution in [3.05, 3.63) is 58.5 Å². The Morgan fingerprint density at radius 2 is 1.65 bits per heavy atom. The van der Waals surface area contributed by atoms with E-state index < -0.39 is 25.8 Å². The standard InChI is InChI=1S/C40H58ClN6O7P/c1-2-3-4-5-6-7-8-9-10-11-12-13-14-15-16-17-24-50-28-34(51-27-33-19-18-32(26-42)25-35(33)41)29-52-55(48,49)54-38-22-23-40(30-43,53-38)37-21-20-36-39(44)45-31-46-47(36)37/h18-21,25,31,34,38H,2-17,22-24,27-29H2,1H3,(H,48,49)(H2,44,45,46)/t34-,38-,40+/m1/s1. The number of nitrogens with two attached hydrogens (primary N) is 1. The van der Waals surface area contributed by atoms with Crippen LogP contribution in [0.25, 0.3) is 5.52 Å². The van der Waals surface area contributed by atoms with Crippen LogP contribution < -0.4 is 5.73 Å². The molecular formula is C40H58ClN6O7P. The number of hydrogen-bond acceptors (Lipinski definition) is 11. The molecule has 3 heterocycles. The van der Waals surface area contributed by atoms with Crippen LogP contribution in [0.5, 0.6) is 0 Å². The Morgan fingerprint density at radius 1 is 1.00 bits per heavy atom. The highest BCUT2D eigenvalue weighted by atomic mass is 35.5. The van der Waals surface area contributed by atoms with Gasteiger partial charge >= 0.3 is 7.82 Å². The molecule has 2 aromatic heterocycles. The molecular weight excluding hydrogens is 743 g/mol. The summed E-state index contributed by atoms with van der Waals surface area (Å²) in [6, 6.07) is 12.4. The second kappa shape index (κ2) is 23.8. The largest absolute Gasteiger partial charge is 0.474 e. The summed E-state index contributed by atoms with van der Waals surface area (Å²) in [6.45, 7) is 2.62. The fourth-order valence-corrected chi connectivity index (χ4v) is 7.83. The number of fused-ring (bicyclic) bond motifs is 1. The Hall–Kier alpha value is -3.10. The van der Waals surface area contributed by atoms with Gasteiger partial charge in [-0.15, -0.1) is 0 Å². The first-order valence-corrected chi connectivity index (χ1v) is 21.8. The number of aromatic nitrogens is 3. The summed E-state index contributed by atoms with van der Waals surface area (Å²) < 4.78 is 43.2. The third-order valence-electron chi connectivity index (χ3n) is 9.92. The summed E-state index contributed by atoms with van der Waals surface area (Å²) in [5.41, 5.74) is 6.42. The minimum atomic E-state index is -4.67. The molecule has 55 heavy (non-hydrogen) atoms. The van der Waals surface area contributed by atoms with E-state index in [-0.39, 0.29) is 38.5 Å². The minimum Gasteiger partial charge on any atom is -0.382 e. The first-order valence-electron chi connectivity index (χ1n) is 19.9. The maximum atomic E-state index is 13.1. The van der Waals surface area contributed by atoms with Crippen molar-refractivity contribution in [1.82, 2.24) is 14.6 Å². The van der Waals surface area contributed by atoms with Crippen molar-refractivity contribution in [2.24, 2.45) is 0 Å². The predicted molar refractivity (Wildman–Crippen MR) is 211 cm³/mol. The molecule has 15 heteroatoms. The van der Waals surface area contributed by atoms with Gasteiger partial charge in [0.25, 0.3) is 0 Å². The van der Waals surface area contributed by atoms with Gasteiger partial charge in [-0.2, -0.15) is 15.6 Å². The number of benzene rings is 1. The number of anilines is 1. The summed E-state index contributed by atoms with van der Waals surface area (Å²) in [5.74, 6) is 0.237. The summed E-state index contributed by atoms with van der Waals surface area (Å²) in [5, 5.41) is 23.9. The van der Waals surface area contributed by atoms with E-state index in [1.807, 2.05) is 0 Å². The van der Waals surface area contributed by atoms with Gasteiger partial charge < -0.3 is 24.8 Å². The second-order valence-corrected chi connectivity index (χ2v) is 16.1.